The summed E-state index contributed by atoms with van der Waals surface area (Å²) < 4.78 is 53.7. The number of phenols is 2. The van der Waals surface area contributed by atoms with Crippen molar-refractivity contribution < 1.29 is 133 Å². The van der Waals surface area contributed by atoms with Gasteiger partial charge in [-0.1, -0.05) is 26.0 Å². The Morgan fingerprint density at radius 1 is 0.800 bits per heavy atom. The Hall–Kier alpha value is -7.58. The molecule has 4 aliphatic heterocycles. The van der Waals surface area contributed by atoms with Gasteiger partial charge in [0.15, 0.2) is 42.6 Å². The zero-order valence-electron chi connectivity index (χ0n) is 50.2. The molecule has 0 aromatic heterocycles. The Labute approximate surface area is 513 Å². The first-order valence-electron chi connectivity index (χ1n) is 29.1. The third-order valence-corrected chi connectivity index (χ3v) is 16.1. The number of hydrogen-bond donors (Lipinski definition) is 15. The number of nitrogens with one attached hydrogen (secondary N) is 6. The molecule has 34 heteroatoms. The first-order valence-corrected chi connectivity index (χ1v) is 28.5. The Morgan fingerprint density at radius 3 is 2.19 bits per heavy atom. The van der Waals surface area contributed by atoms with Gasteiger partial charge in [0.1, 0.15) is 53.7 Å². The maximum atomic E-state index is 14.5. The molecule has 90 heavy (non-hydrogen) atoms. The minimum atomic E-state index is -3.05. The van der Waals surface area contributed by atoms with E-state index in [4.69, 9.17) is 44.4 Å². The van der Waals surface area contributed by atoms with Crippen LogP contribution in [-0.4, -0.2) is 255 Å². The molecule has 494 valence electrons. The summed E-state index contributed by atoms with van der Waals surface area (Å²) in [5.74, 6) is -17.2. The molecule has 8 rings (SSSR count). The highest BCUT2D eigenvalue weighted by Crippen LogP contribution is 2.54. The van der Waals surface area contributed by atoms with Crippen LogP contribution in [0.25, 0.3) is 0 Å². The highest BCUT2D eigenvalue weighted by Gasteiger charge is 2.59. The van der Waals surface area contributed by atoms with Crippen LogP contribution in [0, 0.1) is 5.92 Å². The first kappa shape index (κ1) is 66.8. The van der Waals surface area contributed by atoms with E-state index in [9.17, 15) is 88.8 Å². The van der Waals surface area contributed by atoms with Crippen molar-refractivity contribution in [2.45, 2.75) is 151 Å². The largest absolute Gasteiger partial charge is 0.507 e. The first-order chi connectivity index (χ1) is 42.9. The third kappa shape index (κ3) is 14.3. The number of phenolic OH excluding ortho intramolecular Hbond substituents is 2. The molecule has 2 aliphatic carbocycles. The summed E-state index contributed by atoms with van der Waals surface area (Å²) >= 11 is 0. The number of rotatable bonds is 25. The topological polar surface area (TPSA) is 502 Å². The molecule has 4 saturated heterocycles. The van der Waals surface area contributed by atoms with Gasteiger partial charge in [0.05, 0.1) is 61.6 Å². The molecule has 0 bridgehead atoms. The van der Waals surface area contributed by atoms with Gasteiger partial charge < -0.3 is 116 Å². The number of nitrogens with zero attached hydrogens (tertiary/aromatic N) is 1. The lowest BCUT2D eigenvalue weighted by Crippen LogP contribution is -2.61. The second-order valence-electron chi connectivity index (χ2n) is 22.5. The number of aliphatic carboxylic acids is 2. The SMILES string of the molecule is [3H]C(CC(=O)O)C(=O)NCC(=O)NCCC(=O)N[C@H](C(=O)NC(CO[C@@H]1O[C@H](C(=O)O)[C@@H](O)[C@H](O)[C@H]1O)C(=O)NCCNC(=O)[C@]1(O)Cc2c(O)c3c(c(O)c2[C@@](O)(O[C@@H]2C[C@H]4[C@H](O[C@@H]5[C@@H](OC)OCCN54)[C@H](C)O2)C1)C(=O)c1c(OC)cccc1C3=O)C(C)C. The maximum absolute atomic E-state index is 14.5. The summed E-state index contributed by atoms with van der Waals surface area (Å²) in [5, 5.41) is 114. The monoisotopic (exact) mass is 1280 g/mol. The fourth-order valence-corrected chi connectivity index (χ4v) is 11.7. The minimum Gasteiger partial charge on any atom is -0.507 e. The van der Waals surface area contributed by atoms with E-state index in [1.807, 2.05) is 4.90 Å². The molecule has 0 radical (unpaired) electrons. The number of hydrogen-bond acceptors (Lipinski definition) is 26. The molecule has 4 fully saturated rings. The lowest BCUT2D eigenvalue weighted by atomic mass is 9.71. The average molecular weight is 1280 g/mol. The van der Waals surface area contributed by atoms with Gasteiger partial charge in [0, 0.05) is 83.9 Å². The van der Waals surface area contributed by atoms with E-state index < -0.39 is 248 Å². The van der Waals surface area contributed by atoms with Crippen LogP contribution in [0.5, 0.6) is 17.2 Å². The molecule has 16 atom stereocenters. The summed E-state index contributed by atoms with van der Waals surface area (Å²) in [7, 11) is 2.68. The van der Waals surface area contributed by atoms with Crippen LogP contribution in [-0.2, 0) is 83.7 Å². The molecule has 2 unspecified atom stereocenters. The standard InChI is InChI=1S/C56H73N7O27/c1-22(2)38(62-30(65)11-12-57-31(66)19-60-29(64)9-10-32(67)68)49(77)61-26(20-86-52-45(75)43(73)44(74)47(89-52)51(78)79)48(76)58-13-14-59-54(80)55(81)18-25-37(42(72)36-35(40(25)70)39(69)24-7-6-8-28(83-4)34(24)41(36)71)56(82,21-55)90-33-17-27-46(23(3)87-33)88-50-53(84-5)85-16-15-63(27)50/h6-8,22-23,26-27,33,38,43-47,50,52-53,70,72-75,81-82H,9-21H2,1-5H3,(H,57,66)(H,58,76)(H,59,80)(H,60,64)(H,61,77)(H,62,65)(H,67,68)(H,78,79)/t23-,26?,27-,33+,38-,43-,44-,45+,46+,47-,50+,52+,53-,55-,56-/m0/s1/i9T/t9?,23-,26?,27-,33+,38-,43-,44-,45+,46+,47-,50+,52+,53-,55-,56-. The van der Waals surface area contributed by atoms with E-state index in [0.29, 0.717) is 6.54 Å². The van der Waals surface area contributed by atoms with Crippen LogP contribution >= 0.6 is 0 Å². The molecule has 4 heterocycles. The summed E-state index contributed by atoms with van der Waals surface area (Å²) in [6.07, 6.45) is -20.0. The fourth-order valence-electron chi connectivity index (χ4n) is 11.7. The van der Waals surface area contributed by atoms with Crippen LogP contribution in [0.1, 0.15) is 97.2 Å². The zero-order valence-corrected chi connectivity index (χ0v) is 49.2. The summed E-state index contributed by atoms with van der Waals surface area (Å²) in [5.41, 5.74) is -6.10. The van der Waals surface area contributed by atoms with E-state index in [-0.39, 0.29) is 36.4 Å². The van der Waals surface area contributed by atoms with E-state index in [2.05, 4.69) is 31.9 Å². The van der Waals surface area contributed by atoms with Gasteiger partial charge in [0.25, 0.3) is 5.91 Å². The van der Waals surface area contributed by atoms with Gasteiger partial charge in [-0.2, -0.15) is 0 Å². The number of ketones is 2. The predicted molar refractivity (Wildman–Crippen MR) is 295 cm³/mol. The Morgan fingerprint density at radius 2 is 1.51 bits per heavy atom. The van der Waals surface area contributed by atoms with Crippen molar-refractivity contribution >= 4 is 58.9 Å². The highest BCUT2D eigenvalue weighted by molar-refractivity contribution is 6.31. The Bertz CT molecular complexity index is 3180. The van der Waals surface area contributed by atoms with Crippen LogP contribution in [0.4, 0.5) is 0 Å². The number of carboxylic acids is 2. The number of methoxy groups -OCH3 is 2. The van der Waals surface area contributed by atoms with Crippen molar-refractivity contribution in [1.82, 2.24) is 36.8 Å². The number of ether oxygens (including phenoxy) is 8. The number of carbonyl (C=O) groups excluding carboxylic acids is 8. The molecule has 34 nitrogen and oxygen atoms in total. The number of aliphatic hydroxyl groups excluding tert-OH is 3. The molecule has 15 N–H and O–H groups in total. The van der Waals surface area contributed by atoms with Gasteiger partial charge in [-0.25, -0.2) is 4.79 Å². The van der Waals surface area contributed by atoms with E-state index in [1.165, 1.54) is 46.3 Å². The average Bonchev–Trinajstić information content (AvgIpc) is 1.15. The Balaban J connectivity index is 0.990. The maximum Gasteiger partial charge on any atom is 0.335 e. The smallest absolute Gasteiger partial charge is 0.335 e. The third-order valence-electron chi connectivity index (χ3n) is 16.1. The van der Waals surface area contributed by atoms with E-state index in [1.54, 1.807) is 6.92 Å². The number of aliphatic hydroxyl groups is 5. The summed E-state index contributed by atoms with van der Waals surface area (Å²) in [6.45, 7) is 2.16. The lowest BCUT2D eigenvalue weighted by Gasteiger charge is -2.46. The molecule has 6 aliphatic rings. The van der Waals surface area contributed by atoms with Crippen molar-refractivity contribution in [2.24, 2.45) is 5.92 Å². The number of fused-ring (bicyclic) bond motifs is 6. The predicted octanol–water partition coefficient (Wildman–Crippen LogP) is -5.49. The Kier molecular flexibility index (Phi) is 21.0. The second kappa shape index (κ2) is 28.3. The molecule has 6 amide bonds. The quantitative estimate of drug-likeness (QED) is 0.0214. The van der Waals surface area contributed by atoms with Crippen LogP contribution in [0.3, 0.4) is 0 Å². The molecule has 0 saturated carbocycles. The lowest BCUT2D eigenvalue weighted by molar-refractivity contribution is -0.339. The number of carbonyl (C=O) groups is 10. The number of carboxylic acid groups (broad SMARTS) is 2. The van der Waals surface area contributed by atoms with Gasteiger partial charge >= 0.3 is 11.9 Å². The molecular formula is C56H73N7O27. The molecular weight excluding hydrogens is 1200 g/mol. The molecule has 2 aromatic carbocycles. The summed E-state index contributed by atoms with van der Waals surface area (Å²) in [4.78, 5) is 133. The van der Waals surface area contributed by atoms with Crippen molar-refractivity contribution in [3.8, 4) is 17.2 Å². The number of amides is 6. The van der Waals surface area contributed by atoms with E-state index in [0.717, 1.165) is 0 Å². The van der Waals surface area contributed by atoms with Crippen LogP contribution in [0.15, 0.2) is 18.2 Å². The van der Waals surface area contributed by atoms with Gasteiger partial charge in [-0.15, -0.1) is 0 Å². The number of morpholine rings is 1. The highest BCUT2D eigenvalue weighted by atomic mass is 16.8. The second-order valence-corrected chi connectivity index (χ2v) is 22.5. The normalized spacial score (nSPS) is 29.7. The molecule has 0 spiro atoms. The molecule has 2 aromatic rings. The fraction of sp³-hybridized carbons (Fsp3) is 0.607. The number of benzene rings is 2. The van der Waals surface area contributed by atoms with Gasteiger partial charge in [0.2, 0.25) is 41.1 Å². The van der Waals surface area contributed by atoms with E-state index >= 15 is 0 Å². The minimum absolute atomic E-state index is 0.0487. The van der Waals surface area contributed by atoms with Crippen LogP contribution < -0.4 is 36.6 Å². The number of aromatic hydroxyl groups is 2. The van der Waals surface area contributed by atoms with Gasteiger partial charge in [-0.05, 0) is 18.9 Å². The summed E-state index contributed by atoms with van der Waals surface area (Å²) in [6, 6.07) is 0.295. The van der Waals surface area contributed by atoms with Crippen molar-refractivity contribution in [1.29, 1.82) is 0 Å². The van der Waals surface area contributed by atoms with Crippen LogP contribution in [0.2, 0.25) is 0 Å². The zero-order chi connectivity index (χ0) is 66.7. The van der Waals surface area contributed by atoms with Crippen molar-refractivity contribution in [2.75, 3.05) is 60.2 Å². The van der Waals surface area contributed by atoms with Crippen molar-refractivity contribution in [3.63, 3.8) is 0 Å². The van der Waals surface area contributed by atoms with Crippen molar-refractivity contribution in [3.05, 3.63) is 51.6 Å². The van der Waals surface area contributed by atoms with Gasteiger partial charge in [-0.3, -0.25) is 48.1 Å².